The van der Waals surface area contributed by atoms with Gasteiger partial charge in [-0.1, -0.05) is 67.4 Å². The van der Waals surface area contributed by atoms with Gasteiger partial charge in [0.1, 0.15) is 0 Å². The lowest BCUT2D eigenvalue weighted by Crippen LogP contribution is -2.22. The smallest absolute Gasteiger partial charge is 0.244 e. The Bertz CT molecular complexity index is 636. The number of carbonyl (C=O) groups is 1. The molecule has 0 bridgehead atoms. The molecule has 2 rings (SSSR count). The number of nitrogens with one attached hydrogen (secondary N) is 1. The quantitative estimate of drug-likeness (QED) is 0.630. The molecule has 3 nitrogen and oxygen atoms in total. The number of carbonyl (C=O) groups excluding carboxylic acids is 1. The van der Waals surface area contributed by atoms with E-state index in [9.17, 15) is 4.79 Å². The lowest BCUT2D eigenvalue weighted by molar-refractivity contribution is -0.120. The van der Waals surface area contributed by atoms with Gasteiger partial charge in [-0.2, -0.15) is 5.10 Å². The molecule has 0 aliphatic heterocycles. The predicted molar refractivity (Wildman–Crippen MR) is 91.2 cm³/mol. The lowest BCUT2D eigenvalue weighted by Gasteiger charge is -2.06. The highest BCUT2D eigenvalue weighted by Crippen LogP contribution is 2.10. The van der Waals surface area contributed by atoms with Crippen LogP contribution in [0.2, 0.25) is 5.02 Å². The summed E-state index contributed by atoms with van der Waals surface area (Å²) in [5.74, 6) is -0.133. The highest BCUT2D eigenvalue weighted by atomic mass is 35.5. The summed E-state index contributed by atoms with van der Waals surface area (Å²) in [5, 5.41) is 4.95. The van der Waals surface area contributed by atoms with E-state index in [2.05, 4.69) is 17.5 Å². The van der Waals surface area contributed by atoms with Crippen molar-refractivity contribution in [2.45, 2.75) is 26.2 Å². The van der Waals surface area contributed by atoms with E-state index in [1.807, 2.05) is 42.5 Å². The Labute approximate surface area is 136 Å². The first-order chi connectivity index (χ1) is 10.7. The number of hydrogen-bond acceptors (Lipinski definition) is 2. The molecule has 0 saturated carbocycles. The number of benzene rings is 2. The van der Waals surface area contributed by atoms with E-state index in [4.69, 9.17) is 11.6 Å². The molecule has 0 unspecified atom stereocenters. The van der Waals surface area contributed by atoms with Gasteiger partial charge >= 0.3 is 0 Å². The van der Waals surface area contributed by atoms with Crippen molar-refractivity contribution in [3.63, 3.8) is 0 Å². The molecule has 0 heterocycles. The van der Waals surface area contributed by atoms with Crippen LogP contribution in [0.15, 0.2) is 59.7 Å². The molecule has 0 aromatic heterocycles. The third-order valence-electron chi connectivity index (χ3n) is 3.19. The third-order valence-corrected chi connectivity index (χ3v) is 3.44. The number of amides is 1. The summed E-state index contributed by atoms with van der Waals surface area (Å²) in [5.41, 5.74) is 5.49. The first-order valence-electron chi connectivity index (χ1n) is 7.34. The highest BCUT2D eigenvalue weighted by Gasteiger charge is 2.05. The second-order valence-corrected chi connectivity index (χ2v) is 5.45. The molecule has 0 fully saturated rings. The van der Waals surface area contributed by atoms with Crippen LogP contribution in [0.25, 0.3) is 0 Å². The van der Waals surface area contributed by atoms with Crippen LogP contribution in [0.4, 0.5) is 0 Å². The minimum Gasteiger partial charge on any atom is -0.273 e. The molecular weight excluding hydrogens is 296 g/mol. The largest absolute Gasteiger partial charge is 0.273 e. The number of nitrogens with zero attached hydrogens (tertiary/aromatic N) is 1. The molecule has 2 aromatic carbocycles. The van der Waals surface area contributed by atoms with Crippen LogP contribution in [0.3, 0.4) is 0 Å². The first-order valence-corrected chi connectivity index (χ1v) is 7.72. The van der Waals surface area contributed by atoms with E-state index in [-0.39, 0.29) is 12.3 Å². The molecule has 0 spiro atoms. The van der Waals surface area contributed by atoms with Gasteiger partial charge in [0, 0.05) is 5.02 Å². The van der Waals surface area contributed by atoms with Gasteiger partial charge in [-0.05, 0) is 29.7 Å². The standard InChI is InChI=1S/C18H19ClN2O/c1-2-6-17(15-7-4-3-5-8-15)20-21-18(22)13-14-9-11-16(19)12-10-14/h3-5,7-12H,2,6,13H2,1H3,(H,21,22)/b20-17+. The van der Waals surface area contributed by atoms with Crippen molar-refractivity contribution in [2.24, 2.45) is 5.10 Å². The fraction of sp³-hybridized carbons (Fsp3) is 0.222. The average Bonchev–Trinajstić information content (AvgIpc) is 2.54. The second-order valence-electron chi connectivity index (χ2n) is 5.01. The maximum absolute atomic E-state index is 12.0. The summed E-state index contributed by atoms with van der Waals surface area (Å²) in [6.45, 7) is 2.09. The topological polar surface area (TPSA) is 41.5 Å². The molecule has 1 amide bonds. The van der Waals surface area contributed by atoms with Crippen LogP contribution in [-0.4, -0.2) is 11.6 Å². The van der Waals surface area contributed by atoms with E-state index >= 15 is 0 Å². The maximum Gasteiger partial charge on any atom is 0.244 e. The minimum atomic E-state index is -0.133. The summed E-state index contributed by atoms with van der Waals surface area (Å²) in [7, 11) is 0. The Kier molecular flexibility index (Phi) is 6.16. The Morgan fingerprint density at radius 1 is 1.09 bits per heavy atom. The number of halogens is 1. The predicted octanol–water partition coefficient (Wildman–Crippen LogP) is 4.20. The lowest BCUT2D eigenvalue weighted by atomic mass is 10.1. The summed E-state index contributed by atoms with van der Waals surface area (Å²) in [4.78, 5) is 12.0. The Balaban J connectivity index is 2.01. The highest BCUT2D eigenvalue weighted by molar-refractivity contribution is 6.30. The van der Waals surface area contributed by atoms with Gasteiger partial charge < -0.3 is 0 Å². The van der Waals surface area contributed by atoms with Gasteiger partial charge in [0.05, 0.1) is 12.1 Å². The molecule has 2 aromatic rings. The molecule has 0 aliphatic rings. The van der Waals surface area contributed by atoms with Gasteiger partial charge in [0.2, 0.25) is 5.91 Å². The van der Waals surface area contributed by atoms with Crippen LogP contribution >= 0.6 is 11.6 Å². The summed E-state index contributed by atoms with van der Waals surface area (Å²) < 4.78 is 0. The van der Waals surface area contributed by atoms with Crippen molar-refractivity contribution in [3.8, 4) is 0 Å². The van der Waals surface area contributed by atoms with E-state index in [0.29, 0.717) is 5.02 Å². The molecule has 114 valence electrons. The average molecular weight is 315 g/mol. The SMILES string of the molecule is CCC/C(=N\NC(=O)Cc1ccc(Cl)cc1)c1ccccc1. The Morgan fingerprint density at radius 2 is 1.77 bits per heavy atom. The molecule has 0 radical (unpaired) electrons. The van der Waals surface area contributed by atoms with Crippen molar-refractivity contribution in [1.82, 2.24) is 5.43 Å². The van der Waals surface area contributed by atoms with Crippen molar-refractivity contribution in [2.75, 3.05) is 0 Å². The molecule has 1 N–H and O–H groups in total. The first kappa shape index (κ1) is 16.2. The van der Waals surface area contributed by atoms with Gasteiger partial charge in [0.15, 0.2) is 0 Å². The minimum absolute atomic E-state index is 0.133. The molecule has 4 heteroatoms. The van der Waals surface area contributed by atoms with Crippen LogP contribution < -0.4 is 5.43 Å². The molecule has 0 aliphatic carbocycles. The van der Waals surface area contributed by atoms with Crippen LogP contribution in [-0.2, 0) is 11.2 Å². The summed E-state index contributed by atoms with van der Waals surface area (Å²) in [6, 6.07) is 17.1. The summed E-state index contributed by atoms with van der Waals surface area (Å²) in [6.07, 6.45) is 2.08. The Morgan fingerprint density at radius 3 is 2.41 bits per heavy atom. The Hall–Kier alpha value is -2.13. The zero-order chi connectivity index (χ0) is 15.8. The van der Waals surface area contributed by atoms with Gasteiger partial charge in [-0.25, -0.2) is 5.43 Å². The molecular formula is C18H19ClN2O. The zero-order valence-electron chi connectivity index (χ0n) is 12.6. The monoisotopic (exact) mass is 314 g/mol. The zero-order valence-corrected chi connectivity index (χ0v) is 13.3. The van der Waals surface area contributed by atoms with Crippen molar-refractivity contribution < 1.29 is 4.79 Å². The van der Waals surface area contributed by atoms with E-state index in [1.165, 1.54) is 0 Å². The van der Waals surface area contributed by atoms with Crippen molar-refractivity contribution in [1.29, 1.82) is 0 Å². The van der Waals surface area contributed by atoms with Crippen molar-refractivity contribution in [3.05, 3.63) is 70.7 Å². The van der Waals surface area contributed by atoms with E-state index in [0.717, 1.165) is 29.7 Å². The third kappa shape index (κ3) is 5.01. The van der Waals surface area contributed by atoms with Crippen LogP contribution in [0, 0.1) is 0 Å². The van der Waals surface area contributed by atoms with Crippen molar-refractivity contribution >= 4 is 23.2 Å². The van der Waals surface area contributed by atoms with Gasteiger partial charge in [0.25, 0.3) is 0 Å². The fourth-order valence-electron chi connectivity index (χ4n) is 2.09. The van der Waals surface area contributed by atoms with Gasteiger partial charge in [-0.15, -0.1) is 0 Å². The fourth-order valence-corrected chi connectivity index (χ4v) is 2.22. The number of rotatable bonds is 6. The number of hydrogen-bond donors (Lipinski definition) is 1. The van der Waals surface area contributed by atoms with E-state index in [1.54, 1.807) is 12.1 Å². The molecule has 0 saturated heterocycles. The summed E-state index contributed by atoms with van der Waals surface area (Å²) >= 11 is 5.83. The molecule has 22 heavy (non-hydrogen) atoms. The molecule has 0 atom stereocenters. The van der Waals surface area contributed by atoms with Crippen LogP contribution in [0.1, 0.15) is 30.9 Å². The number of hydrazone groups is 1. The second kappa shape index (κ2) is 8.35. The van der Waals surface area contributed by atoms with E-state index < -0.39 is 0 Å². The maximum atomic E-state index is 12.0. The normalized spacial score (nSPS) is 11.3. The van der Waals surface area contributed by atoms with Crippen LogP contribution in [0.5, 0.6) is 0 Å². The van der Waals surface area contributed by atoms with Gasteiger partial charge in [-0.3, -0.25) is 4.79 Å².